The van der Waals surface area contributed by atoms with Crippen molar-refractivity contribution in [1.82, 2.24) is 5.32 Å². The molecule has 0 aromatic heterocycles. The summed E-state index contributed by atoms with van der Waals surface area (Å²) in [7, 11) is 1.68. The summed E-state index contributed by atoms with van der Waals surface area (Å²) >= 11 is 8.65. The van der Waals surface area contributed by atoms with Crippen LogP contribution in [0.1, 0.15) is 17.2 Å². The van der Waals surface area contributed by atoms with E-state index in [1.54, 1.807) is 7.05 Å². The summed E-state index contributed by atoms with van der Waals surface area (Å²) in [4.78, 5) is 0. The van der Waals surface area contributed by atoms with E-state index >= 15 is 0 Å². The third-order valence-electron chi connectivity index (χ3n) is 2.93. The average molecular weight is 517 g/mol. The third-order valence-corrected chi connectivity index (χ3v) is 5.01. The molecule has 0 amide bonds. The molecule has 0 heterocycles. The summed E-state index contributed by atoms with van der Waals surface area (Å²) in [5.74, 6) is -1.15. The summed E-state index contributed by atoms with van der Waals surface area (Å²) in [6.07, 6.45) is 0. The highest BCUT2D eigenvalue weighted by atomic mass is 127. The summed E-state index contributed by atoms with van der Waals surface area (Å²) in [6.45, 7) is 0. The zero-order valence-corrected chi connectivity index (χ0v) is 15.7. The SMILES string of the molecule is CNC(c1cc(Br)ccc1I)c1c(F)ccc(Br)c1F. The standard InChI is InChI=1S/C14H10Br2F2IN/c1-20-14(8-6-7(15)2-5-11(8)19)12-10(17)4-3-9(16)13(12)18/h2-6,14,20H,1H3. The van der Waals surface area contributed by atoms with Gasteiger partial charge in [0.15, 0.2) is 0 Å². The fourth-order valence-electron chi connectivity index (χ4n) is 2.00. The van der Waals surface area contributed by atoms with Crippen LogP contribution in [-0.2, 0) is 0 Å². The van der Waals surface area contributed by atoms with Crippen molar-refractivity contribution in [3.8, 4) is 0 Å². The molecule has 0 saturated carbocycles. The fourth-order valence-corrected chi connectivity index (χ4v) is 3.37. The second-order valence-electron chi connectivity index (χ2n) is 4.14. The van der Waals surface area contributed by atoms with Crippen LogP contribution in [-0.4, -0.2) is 7.05 Å². The summed E-state index contributed by atoms with van der Waals surface area (Å²) in [6, 6.07) is 7.73. The van der Waals surface area contributed by atoms with Crippen LogP contribution in [0.25, 0.3) is 0 Å². The number of hydrogen-bond acceptors (Lipinski definition) is 1. The van der Waals surface area contributed by atoms with Crippen molar-refractivity contribution in [2.24, 2.45) is 0 Å². The minimum absolute atomic E-state index is 0.0119. The van der Waals surface area contributed by atoms with Gasteiger partial charge in [0.2, 0.25) is 0 Å². The molecule has 0 bridgehead atoms. The minimum Gasteiger partial charge on any atom is -0.309 e. The molecule has 106 valence electrons. The smallest absolute Gasteiger partial charge is 0.145 e. The molecule has 0 aliphatic heterocycles. The second-order valence-corrected chi connectivity index (χ2v) is 7.08. The molecule has 0 aliphatic rings. The highest BCUT2D eigenvalue weighted by Crippen LogP contribution is 2.33. The Morgan fingerprint density at radius 1 is 1.15 bits per heavy atom. The molecule has 1 atom stereocenters. The van der Waals surface area contributed by atoms with Gasteiger partial charge in [0, 0.05) is 13.6 Å². The zero-order valence-electron chi connectivity index (χ0n) is 10.4. The molecule has 2 rings (SSSR count). The van der Waals surface area contributed by atoms with E-state index in [-0.39, 0.29) is 10.0 Å². The molecular weight excluding hydrogens is 507 g/mol. The van der Waals surface area contributed by atoms with Gasteiger partial charge in [-0.05, 0) is 81.5 Å². The first-order valence-electron chi connectivity index (χ1n) is 5.71. The Balaban J connectivity index is 2.64. The quantitative estimate of drug-likeness (QED) is 0.425. The van der Waals surface area contributed by atoms with Crippen LogP contribution in [0.4, 0.5) is 8.78 Å². The zero-order chi connectivity index (χ0) is 14.9. The topological polar surface area (TPSA) is 12.0 Å². The maximum atomic E-state index is 14.3. The van der Waals surface area contributed by atoms with Gasteiger partial charge in [-0.1, -0.05) is 15.9 Å². The summed E-state index contributed by atoms with van der Waals surface area (Å²) in [5.41, 5.74) is 0.830. The van der Waals surface area contributed by atoms with Gasteiger partial charge in [-0.2, -0.15) is 0 Å². The van der Waals surface area contributed by atoms with Crippen molar-refractivity contribution in [2.45, 2.75) is 6.04 Å². The maximum absolute atomic E-state index is 14.3. The van der Waals surface area contributed by atoms with E-state index in [0.717, 1.165) is 13.6 Å². The van der Waals surface area contributed by atoms with Crippen LogP contribution < -0.4 is 5.32 Å². The van der Waals surface area contributed by atoms with Gasteiger partial charge in [-0.25, -0.2) is 8.78 Å². The molecule has 0 aliphatic carbocycles. The van der Waals surface area contributed by atoms with Crippen molar-refractivity contribution in [1.29, 1.82) is 0 Å². The Morgan fingerprint density at radius 3 is 2.50 bits per heavy atom. The molecular formula is C14H10Br2F2IN. The Kier molecular flexibility index (Phi) is 5.56. The second kappa shape index (κ2) is 6.81. The first kappa shape index (κ1) is 16.3. The van der Waals surface area contributed by atoms with E-state index in [4.69, 9.17) is 0 Å². The third kappa shape index (κ3) is 3.23. The van der Waals surface area contributed by atoms with Gasteiger partial charge >= 0.3 is 0 Å². The van der Waals surface area contributed by atoms with Crippen molar-refractivity contribution in [3.63, 3.8) is 0 Å². The monoisotopic (exact) mass is 515 g/mol. The first-order chi connectivity index (χ1) is 9.45. The molecule has 0 fully saturated rings. The summed E-state index contributed by atoms with van der Waals surface area (Å²) < 4.78 is 30.4. The minimum atomic E-state index is -0.583. The highest BCUT2D eigenvalue weighted by molar-refractivity contribution is 14.1. The Bertz CT molecular complexity index is 649. The van der Waals surface area contributed by atoms with Crippen LogP contribution in [0.15, 0.2) is 39.3 Å². The van der Waals surface area contributed by atoms with Crippen LogP contribution in [0.2, 0.25) is 0 Å². The van der Waals surface area contributed by atoms with Crippen LogP contribution in [0.5, 0.6) is 0 Å². The predicted octanol–water partition coefficient (Wildman–Crippen LogP) is 5.40. The van der Waals surface area contributed by atoms with E-state index < -0.39 is 17.7 Å². The van der Waals surface area contributed by atoms with Gasteiger partial charge in [0.05, 0.1) is 10.5 Å². The van der Waals surface area contributed by atoms with Gasteiger partial charge in [0.25, 0.3) is 0 Å². The van der Waals surface area contributed by atoms with Crippen LogP contribution in [0.3, 0.4) is 0 Å². The number of rotatable bonds is 3. The van der Waals surface area contributed by atoms with Gasteiger partial charge < -0.3 is 5.32 Å². The Morgan fingerprint density at radius 2 is 1.85 bits per heavy atom. The molecule has 1 unspecified atom stereocenters. The van der Waals surface area contributed by atoms with Crippen molar-refractivity contribution < 1.29 is 8.78 Å². The van der Waals surface area contributed by atoms with Crippen LogP contribution >= 0.6 is 54.5 Å². The van der Waals surface area contributed by atoms with Crippen molar-refractivity contribution >= 4 is 54.5 Å². The fraction of sp³-hybridized carbons (Fsp3) is 0.143. The lowest BCUT2D eigenvalue weighted by atomic mass is 9.98. The average Bonchev–Trinajstić information content (AvgIpc) is 2.42. The predicted molar refractivity (Wildman–Crippen MR) is 91.8 cm³/mol. The lowest BCUT2D eigenvalue weighted by molar-refractivity contribution is 0.518. The van der Waals surface area contributed by atoms with Crippen LogP contribution in [0, 0.1) is 15.2 Å². The molecule has 1 N–H and O–H groups in total. The number of hydrogen-bond donors (Lipinski definition) is 1. The highest BCUT2D eigenvalue weighted by Gasteiger charge is 2.24. The Labute approximate surface area is 146 Å². The molecule has 0 saturated heterocycles. The summed E-state index contributed by atoms with van der Waals surface area (Å²) in [5, 5.41) is 2.99. The normalized spacial score (nSPS) is 12.5. The van der Waals surface area contributed by atoms with E-state index in [2.05, 4.69) is 59.8 Å². The molecule has 20 heavy (non-hydrogen) atoms. The largest absolute Gasteiger partial charge is 0.309 e. The van der Waals surface area contributed by atoms with E-state index in [1.165, 1.54) is 12.1 Å². The maximum Gasteiger partial charge on any atom is 0.145 e. The Hall–Kier alpha value is -0.0500. The number of nitrogens with one attached hydrogen (secondary N) is 1. The van der Waals surface area contributed by atoms with Gasteiger partial charge in [-0.3, -0.25) is 0 Å². The van der Waals surface area contributed by atoms with E-state index in [9.17, 15) is 8.78 Å². The first-order valence-corrected chi connectivity index (χ1v) is 8.37. The lowest BCUT2D eigenvalue weighted by Gasteiger charge is -2.20. The molecule has 2 aromatic carbocycles. The number of halogens is 5. The molecule has 1 nitrogen and oxygen atoms in total. The van der Waals surface area contributed by atoms with E-state index in [0.29, 0.717) is 0 Å². The van der Waals surface area contributed by atoms with Gasteiger partial charge in [0.1, 0.15) is 11.6 Å². The molecule has 6 heteroatoms. The van der Waals surface area contributed by atoms with E-state index in [1.807, 2.05) is 18.2 Å². The lowest BCUT2D eigenvalue weighted by Crippen LogP contribution is -2.21. The van der Waals surface area contributed by atoms with Crippen molar-refractivity contribution in [2.75, 3.05) is 7.05 Å². The van der Waals surface area contributed by atoms with Gasteiger partial charge in [-0.15, -0.1) is 0 Å². The number of benzene rings is 2. The van der Waals surface area contributed by atoms with Crippen molar-refractivity contribution in [3.05, 3.63) is 65.6 Å². The molecule has 0 spiro atoms. The molecule has 0 radical (unpaired) electrons. The molecule has 2 aromatic rings.